The maximum Gasteiger partial charge on any atom is 0.265 e. The van der Waals surface area contributed by atoms with E-state index in [0.29, 0.717) is 16.4 Å². The first kappa shape index (κ1) is 22.5. The molecule has 0 radical (unpaired) electrons. The second kappa shape index (κ2) is 8.88. The lowest BCUT2D eigenvalue weighted by Crippen LogP contribution is -2.36. The zero-order chi connectivity index (χ0) is 22.1. The van der Waals surface area contributed by atoms with E-state index in [0.717, 1.165) is 14.4 Å². The van der Waals surface area contributed by atoms with Crippen molar-refractivity contribution in [3.8, 4) is 5.75 Å². The van der Waals surface area contributed by atoms with E-state index in [4.69, 9.17) is 4.74 Å². The molecule has 1 aliphatic heterocycles. The van der Waals surface area contributed by atoms with Crippen LogP contribution in [0.15, 0.2) is 21.4 Å². The summed E-state index contributed by atoms with van der Waals surface area (Å²) in [6.07, 6.45) is -0.734. The minimum absolute atomic E-state index is 0.00236. The Bertz CT molecular complexity index is 1090. The van der Waals surface area contributed by atoms with Crippen molar-refractivity contribution < 1.29 is 22.7 Å². The van der Waals surface area contributed by atoms with Gasteiger partial charge in [-0.05, 0) is 31.2 Å². The van der Waals surface area contributed by atoms with Crippen LogP contribution in [0.4, 0.5) is 10.8 Å². The molecular weight excluding hydrogens is 450 g/mol. The highest BCUT2D eigenvalue weighted by Gasteiger charge is 2.30. The molecule has 0 fully saturated rings. The molecule has 0 bridgehead atoms. The van der Waals surface area contributed by atoms with Crippen LogP contribution in [0, 0.1) is 6.92 Å². The quantitative estimate of drug-likeness (QED) is 0.463. The minimum Gasteiger partial charge on any atom is -0.479 e. The smallest absolute Gasteiger partial charge is 0.265 e. The molecule has 10 nitrogen and oxygen atoms in total. The molecule has 0 aliphatic carbocycles. The molecular formula is C17H21N5O5S3. The first-order chi connectivity index (χ1) is 14.1. The third kappa shape index (κ3) is 4.74. The molecule has 162 valence electrons. The number of sulfonamides is 1. The number of ether oxygens (including phenoxy) is 1. The second-order valence-electron chi connectivity index (χ2n) is 6.48. The van der Waals surface area contributed by atoms with E-state index in [1.807, 2.05) is 6.92 Å². The van der Waals surface area contributed by atoms with Crippen LogP contribution in [0.25, 0.3) is 0 Å². The highest BCUT2D eigenvalue weighted by Crippen LogP contribution is 2.35. The van der Waals surface area contributed by atoms with Gasteiger partial charge in [-0.2, -0.15) is 4.31 Å². The topological polar surface area (TPSA) is 131 Å². The number of thioether (sulfide) groups is 1. The van der Waals surface area contributed by atoms with E-state index in [1.165, 1.54) is 42.3 Å². The molecule has 0 unspecified atom stereocenters. The second-order valence-corrected chi connectivity index (χ2v) is 11.0. The molecule has 2 amide bonds. The van der Waals surface area contributed by atoms with E-state index >= 15 is 0 Å². The lowest BCUT2D eigenvalue weighted by atomic mass is 10.1. The standard InChI is InChI=1S/C17H21N5O5S3/c1-5-28-17-21-20-16(29-17)19-14(23)8-22(4)30(25,26)13-7-12-11(6-9(13)2)18-15(24)10(3)27-12/h6-7,10H,5,8H2,1-4H3,(H,18,24)(H,19,20,23)/t10-/m0/s1. The fraction of sp³-hybridized carbons (Fsp3) is 0.412. The summed E-state index contributed by atoms with van der Waals surface area (Å²) in [4.78, 5) is 24.1. The Balaban J connectivity index is 1.75. The number of nitrogens with one attached hydrogen (secondary N) is 2. The number of anilines is 2. The first-order valence-electron chi connectivity index (χ1n) is 8.96. The summed E-state index contributed by atoms with van der Waals surface area (Å²) in [5, 5.41) is 13.4. The van der Waals surface area contributed by atoms with E-state index in [-0.39, 0.29) is 16.6 Å². The SMILES string of the molecule is CCSc1nnc(NC(=O)CN(C)S(=O)(=O)c2cc3c(cc2C)NC(=O)[C@H](C)O3)s1. The molecule has 2 N–H and O–H groups in total. The van der Waals surface area contributed by atoms with E-state index < -0.39 is 28.6 Å². The number of aromatic nitrogens is 2. The highest BCUT2D eigenvalue weighted by molar-refractivity contribution is 8.01. The predicted octanol–water partition coefficient (Wildman–Crippen LogP) is 1.94. The van der Waals surface area contributed by atoms with Crippen LogP contribution in [0.3, 0.4) is 0 Å². The first-order valence-corrected chi connectivity index (χ1v) is 12.2. The monoisotopic (exact) mass is 471 g/mol. The summed E-state index contributed by atoms with van der Waals surface area (Å²) in [5.74, 6) is 0.260. The summed E-state index contributed by atoms with van der Waals surface area (Å²) in [5.41, 5.74) is 0.830. The lowest BCUT2D eigenvalue weighted by Gasteiger charge is -2.25. The molecule has 2 heterocycles. The van der Waals surface area contributed by atoms with Crippen molar-refractivity contribution in [3.63, 3.8) is 0 Å². The van der Waals surface area contributed by atoms with E-state index in [1.54, 1.807) is 13.8 Å². The van der Waals surface area contributed by atoms with Crippen LogP contribution in [-0.2, 0) is 19.6 Å². The Hall–Kier alpha value is -2.22. The zero-order valence-corrected chi connectivity index (χ0v) is 19.2. The Kier molecular flexibility index (Phi) is 6.65. The maximum atomic E-state index is 13.0. The number of likely N-dealkylation sites (N-methyl/N-ethyl adjacent to an activating group) is 1. The van der Waals surface area contributed by atoms with Gasteiger partial charge in [0.15, 0.2) is 10.4 Å². The number of fused-ring (bicyclic) bond motifs is 1. The molecule has 1 aromatic carbocycles. The number of carbonyl (C=O) groups is 2. The molecule has 13 heteroatoms. The normalized spacial score (nSPS) is 16.0. The van der Waals surface area contributed by atoms with E-state index in [2.05, 4.69) is 20.8 Å². The van der Waals surface area contributed by atoms with Crippen LogP contribution in [0.5, 0.6) is 5.75 Å². The number of hydrogen-bond acceptors (Lipinski definition) is 9. The van der Waals surface area contributed by atoms with E-state index in [9.17, 15) is 18.0 Å². The van der Waals surface area contributed by atoms with Crippen molar-refractivity contribution in [1.82, 2.24) is 14.5 Å². The van der Waals surface area contributed by atoms with Crippen LogP contribution in [0.2, 0.25) is 0 Å². The van der Waals surface area contributed by atoms with Crippen molar-refractivity contribution in [1.29, 1.82) is 0 Å². The largest absolute Gasteiger partial charge is 0.479 e. The number of hydrogen-bond donors (Lipinski definition) is 2. The van der Waals surface area contributed by atoms with Crippen LogP contribution in [0.1, 0.15) is 19.4 Å². The molecule has 1 atom stereocenters. The molecule has 0 saturated heterocycles. The van der Waals surface area contributed by atoms with Crippen LogP contribution in [-0.4, -0.2) is 60.2 Å². The van der Waals surface area contributed by atoms with Crippen LogP contribution < -0.4 is 15.4 Å². The van der Waals surface area contributed by atoms with Gasteiger partial charge in [0, 0.05) is 13.1 Å². The lowest BCUT2D eigenvalue weighted by molar-refractivity contribution is -0.122. The Morgan fingerprint density at radius 2 is 2.13 bits per heavy atom. The third-order valence-electron chi connectivity index (χ3n) is 4.18. The van der Waals surface area contributed by atoms with Crippen LogP contribution >= 0.6 is 23.1 Å². The van der Waals surface area contributed by atoms with Crippen molar-refractivity contribution in [2.45, 2.75) is 36.1 Å². The molecule has 3 rings (SSSR count). The maximum absolute atomic E-state index is 13.0. The Morgan fingerprint density at radius 3 is 2.83 bits per heavy atom. The molecule has 1 aliphatic rings. The number of nitrogens with zero attached hydrogens (tertiary/aromatic N) is 3. The Labute approximate surface area is 182 Å². The summed E-state index contributed by atoms with van der Waals surface area (Å²) in [7, 11) is -2.66. The van der Waals surface area contributed by atoms with Gasteiger partial charge in [0.05, 0.1) is 17.1 Å². The average Bonchev–Trinajstić information content (AvgIpc) is 3.09. The van der Waals surface area contributed by atoms with Gasteiger partial charge in [0.1, 0.15) is 5.75 Å². The van der Waals surface area contributed by atoms with Crippen molar-refractivity contribution >= 4 is 55.8 Å². The van der Waals surface area contributed by atoms with Crippen molar-refractivity contribution in [2.75, 3.05) is 30.0 Å². The molecule has 0 saturated carbocycles. The molecule has 0 spiro atoms. The van der Waals surface area contributed by atoms with Crippen molar-refractivity contribution in [2.24, 2.45) is 0 Å². The van der Waals surface area contributed by atoms with Gasteiger partial charge in [0.2, 0.25) is 21.1 Å². The zero-order valence-electron chi connectivity index (χ0n) is 16.8. The number of aryl methyl sites for hydroxylation is 1. The van der Waals surface area contributed by atoms with Gasteiger partial charge >= 0.3 is 0 Å². The van der Waals surface area contributed by atoms with Gasteiger partial charge in [-0.25, -0.2) is 8.42 Å². The van der Waals surface area contributed by atoms with Gasteiger partial charge in [-0.1, -0.05) is 30.0 Å². The number of amides is 2. The molecule has 1 aromatic heterocycles. The number of benzene rings is 1. The fourth-order valence-electron chi connectivity index (χ4n) is 2.68. The Morgan fingerprint density at radius 1 is 1.40 bits per heavy atom. The summed E-state index contributed by atoms with van der Waals surface area (Å²) < 4.78 is 33.3. The molecule has 30 heavy (non-hydrogen) atoms. The highest BCUT2D eigenvalue weighted by atomic mass is 32.2. The van der Waals surface area contributed by atoms with Gasteiger partial charge in [-0.15, -0.1) is 10.2 Å². The average molecular weight is 472 g/mol. The fourth-order valence-corrected chi connectivity index (χ4v) is 5.69. The van der Waals surface area contributed by atoms with Crippen molar-refractivity contribution in [3.05, 3.63) is 17.7 Å². The van der Waals surface area contributed by atoms with Gasteiger partial charge in [-0.3, -0.25) is 14.9 Å². The summed E-state index contributed by atoms with van der Waals surface area (Å²) in [6, 6.07) is 2.90. The summed E-state index contributed by atoms with van der Waals surface area (Å²) in [6.45, 7) is 4.76. The molecule has 2 aromatic rings. The summed E-state index contributed by atoms with van der Waals surface area (Å²) >= 11 is 2.73. The number of rotatable bonds is 7. The predicted molar refractivity (Wildman–Crippen MR) is 115 cm³/mol. The third-order valence-corrected chi connectivity index (χ3v) is 7.98. The van der Waals surface area contributed by atoms with Gasteiger partial charge < -0.3 is 10.1 Å². The minimum atomic E-state index is -3.98. The van der Waals surface area contributed by atoms with Gasteiger partial charge in [0.25, 0.3) is 5.91 Å². The number of carbonyl (C=O) groups excluding carboxylic acids is 2.